The van der Waals surface area contributed by atoms with Gasteiger partial charge in [-0.15, -0.1) is 0 Å². The molecule has 1 aromatic heterocycles. The van der Waals surface area contributed by atoms with Gasteiger partial charge in [0, 0.05) is 6.54 Å². The van der Waals surface area contributed by atoms with Gasteiger partial charge >= 0.3 is 0 Å². The van der Waals surface area contributed by atoms with Gasteiger partial charge in [-0.05, 0) is 36.8 Å². The number of carbonyl (C=O) groups excluding carboxylic acids is 2. The van der Waals surface area contributed by atoms with E-state index in [-0.39, 0.29) is 42.5 Å². The third kappa shape index (κ3) is 5.92. The van der Waals surface area contributed by atoms with Crippen LogP contribution in [0.5, 0.6) is 0 Å². The minimum Gasteiger partial charge on any atom is -0.394 e. The fraction of sp³-hybridized carbons (Fsp3) is 0.684. The van der Waals surface area contributed by atoms with E-state index in [4.69, 9.17) is 11.6 Å². The lowest BCUT2D eigenvalue weighted by Gasteiger charge is -2.25. The molecule has 12 heteroatoms. The number of rotatable bonds is 10. The van der Waals surface area contributed by atoms with Crippen LogP contribution in [0.25, 0.3) is 0 Å². The summed E-state index contributed by atoms with van der Waals surface area (Å²) in [6, 6.07) is -0.266. The van der Waals surface area contributed by atoms with Crippen molar-refractivity contribution >= 4 is 35.6 Å². The topological polar surface area (TPSA) is 131 Å². The second-order valence-electron chi connectivity index (χ2n) is 8.08. The largest absolute Gasteiger partial charge is 0.394 e. The van der Waals surface area contributed by atoms with E-state index in [2.05, 4.69) is 20.8 Å². The number of aliphatic hydroxyl groups is 1. The van der Waals surface area contributed by atoms with E-state index in [9.17, 15) is 19.9 Å². The van der Waals surface area contributed by atoms with Crippen molar-refractivity contribution in [3.63, 3.8) is 0 Å². The van der Waals surface area contributed by atoms with Crippen molar-refractivity contribution < 1.29 is 24.3 Å². The van der Waals surface area contributed by atoms with Crippen molar-refractivity contribution in [1.82, 2.24) is 20.5 Å². The van der Waals surface area contributed by atoms with E-state index in [1.54, 1.807) is 4.90 Å². The van der Waals surface area contributed by atoms with Crippen molar-refractivity contribution in [3.8, 4) is 0 Å². The van der Waals surface area contributed by atoms with Gasteiger partial charge in [0.25, 0.3) is 0 Å². The number of nitrogens with zero attached hydrogens (tertiary/aromatic N) is 4. The van der Waals surface area contributed by atoms with Gasteiger partial charge in [-0.25, -0.2) is 5.06 Å². The first-order valence-corrected chi connectivity index (χ1v) is 10.9. The minimum atomic E-state index is -0.797. The van der Waals surface area contributed by atoms with E-state index >= 15 is 4.39 Å². The molecule has 31 heavy (non-hydrogen) atoms. The molecule has 2 atom stereocenters. The number of hydrazine groups is 1. The van der Waals surface area contributed by atoms with E-state index in [0.717, 1.165) is 32.1 Å². The minimum absolute atomic E-state index is 0.0432. The fourth-order valence-electron chi connectivity index (χ4n) is 4.39. The molecule has 10 nitrogen and oxygen atoms in total. The molecule has 3 rings (SSSR count). The molecule has 1 saturated heterocycles. The summed E-state index contributed by atoms with van der Waals surface area (Å²) in [5.74, 6) is -1.99. The first-order valence-electron chi connectivity index (χ1n) is 10.5. The molecule has 0 unspecified atom stereocenters. The summed E-state index contributed by atoms with van der Waals surface area (Å²) in [5, 5.41) is 19.3. The maximum absolute atomic E-state index is 15.0. The number of anilines is 2. The van der Waals surface area contributed by atoms with Crippen LogP contribution in [0.15, 0.2) is 0 Å². The Balaban J connectivity index is 1.70. The summed E-state index contributed by atoms with van der Waals surface area (Å²) in [5.41, 5.74) is 4.87. The van der Waals surface area contributed by atoms with Crippen LogP contribution in [0.4, 0.5) is 16.0 Å². The van der Waals surface area contributed by atoms with Crippen LogP contribution in [0.1, 0.15) is 44.9 Å². The lowest BCUT2D eigenvalue weighted by molar-refractivity contribution is -0.154. The van der Waals surface area contributed by atoms with Crippen molar-refractivity contribution in [3.05, 3.63) is 11.1 Å². The third-order valence-electron chi connectivity index (χ3n) is 5.96. The second-order valence-corrected chi connectivity index (χ2v) is 8.41. The molecule has 4 N–H and O–H groups in total. The fourth-order valence-corrected chi connectivity index (χ4v) is 4.56. The number of nitrogens with one attached hydrogen (secondary N) is 2. The molecule has 1 aromatic rings. The maximum atomic E-state index is 15.0. The molecule has 1 aliphatic heterocycles. The number of hydrogen-bond donors (Lipinski definition) is 4. The lowest BCUT2D eigenvalue weighted by atomic mass is 9.92. The number of halogens is 2. The average molecular weight is 459 g/mol. The zero-order valence-electron chi connectivity index (χ0n) is 17.1. The van der Waals surface area contributed by atoms with Crippen LogP contribution in [0.3, 0.4) is 0 Å². The van der Waals surface area contributed by atoms with Gasteiger partial charge in [-0.2, -0.15) is 14.4 Å². The summed E-state index contributed by atoms with van der Waals surface area (Å²) >= 11 is 5.96. The molecule has 2 fully saturated rings. The highest BCUT2D eigenvalue weighted by Crippen LogP contribution is 2.31. The average Bonchev–Trinajstić information content (AvgIpc) is 3.44. The molecule has 1 aliphatic carbocycles. The summed E-state index contributed by atoms with van der Waals surface area (Å²) < 4.78 is 15.0. The number of aromatic nitrogens is 2. The van der Waals surface area contributed by atoms with E-state index in [1.807, 2.05) is 0 Å². The van der Waals surface area contributed by atoms with Crippen LogP contribution in [0.2, 0.25) is 5.28 Å². The molecular weight excluding hydrogens is 431 g/mol. The SMILES string of the molecule is O=CN(O)C[C@@H](CC1CCCC1)C(=O)NNc1nc(Cl)nc(N2CCC[C@H]2CO)c1F. The number of hydrogen-bond acceptors (Lipinski definition) is 8. The Morgan fingerprint density at radius 3 is 2.74 bits per heavy atom. The number of hydroxylamine groups is 2. The highest BCUT2D eigenvalue weighted by atomic mass is 35.5. The Kier molecular flexibility index (Phi) is 8.22. The maximum Gasteiger partial charge on any atom is 0.243 e. The normalized spacial score (nSPS) is 20.0. The van der Waals surface area contributed by atoms with Crippen molar-refractivity contribution in [2.24, 2.45) is 11.8 Å². The molecule has 0 bridgehead atoms. The van der Waals surface area contributed by atoms with Crippen LogP contribution in [-0.4, -0.2) is 63.4 Å². The lowest BCUT2D eigenvalue weighted by Crippen LogP contribution is -2.41. The van der Waals surface area contributed by atoms with Gasteiger partial charge in [0.05, 0.1) is 25.1 Å². The number of amides is 2. The van der Waals surface area contributed by atoms with Gasteiger partial charge in [-0.1, -0.05) is 25.7 Å². The molecule has 1 saturated carbocycles. The molecule has 0 aromatic carbocycles. The molecular formula is C19H28ClFN6O4. The Bertz CT molecular complexity index is 782. The van der Waals surface area contributed by atoms with Crippen LogP contribution >= 0.6 is 11.6 Å². The van der Waals surface area contributed by atoms with E-state index in [0.29, 0.717) is 30.4 Å². The second kappa shape index (κ2) is 10.9. The molecule has 172 valence electrons. The Morgan fingerprint density at radius 1 is 1.32 bits per heavy atom. The summed E-state index contributed by atoms with van der Waals surface area (Å²) in [4.78, 5) is 32.9. The van der Waals surface area contributed by atoms with Crippen molar-refractivity contribution in [2.45, 2.75) is 51.0 Å². The highest BCUT2D eigenvalue weighted by molar-refractivity contribution is 6.28. The first-order chi connectivity index (χ1) is 14.9. The van der Waals surface area contributed by atoms with Gasteiger partial charge in [0.1, 0.15) is 0 Å². The number of aliphatic hydroxyl groups excluding tert-OH is 1. The quantitative estimate of drug-likeness (QED) is 0.180. The summed E-state index contributed by atoms with van der Waals surface area (Å²) in [6.45, 7) is 0.207. The summed E-state index contributed by atoms with van der Waals surface area (Å²) in [7, 11) is 0. The highest BCUT2D eigenvalue weighted by Gasteiger charge is 2.30. The Hall–Kier alpha value is -2.24. The third-order valence-corrected chi connectivity index (χ3v) is 6.13. The Labute approximate surface area is 184 Å². The molecule has 2 heterocycles. The predicted molar refractivity (Wildman–Crippen MR) is 111 cm³/mol. The van der Waals surface area contributed by atoms with Gasteiger partial charge in [-0.3, -0.25) is 25.6 Å². The first kappa shape index (κ1) is 23.4. The summed E-state index contributed by atoms with van der Waals surface area (Å²) in [6.07, 6.45) is 6.39. The van der Waals surface area contributed by atoms with Gasteiger partial charge < -0.3 is 10.0 Å². The Morgan fingerprint density at radius 2 is 2.06 bits per heavy atom. The van der Waals surface area contributed by atoms with E-state index < -0.39 is 17.6 Å². The van der Waals surface area contributed by atoms with Crippen molar-refractivity contribution in [2.75, 3.05) is 30.0 Å². The number of carbonyl (C=O) groups is 2. The zero-order valence-corrected chi connectivity index (χ0v) is 17.9. The molecule has 2 amide bonds. The zero-order chi connectivity index (χ0) is 22.4. The standard InChI is InChI=1S/C19H28ClFN6O4/c20-19-22-16(15(21)17(23-19)27-7-3-6-14(27)10-28)24-25-18(30)13(9-26(31)11-29)8-12-4-1-2-5-12/h11-14,28,31H,1-10H2,(H,25,30)(H,22,23,24)/t13-,14+/m1/s1. The van der Waals surface area contributed by atoms with E-state index in [1.165, 1.54) is 0 Å². The molecule has 2 aliphatic rings. The van der Waals surface area contributed by atoms with Crippen LogP contribution in [0, 0.1) is 17.7 Å². The van der Waals surface area contributed by atoms with Crippen LogP contribution < -0.4 is 15.8 Å². The van der Waals surface area contributed by atoms with Gasteiger partial charge in [0.2, 0.25) is 23.4 Å². The van der Waals surface area contributed by atoms with Gasteiger partial charge in [0.15, 0.2) is 11.6 Å². The smallest absolute Gasteiger partial charge is 0.243 e. The molecule has 0 spiro atoms. The van der Waals surface area contributed by atoms with Crippen molar-refractivity contribution in [1.29, 1.82) is 0 Å². The predicted octanol–water partition coefficient (Wildman–Crippen LogP) is 1.72. The van der Waals surface area contributed by atoms with Crippen LogP contribution in [-0.2, 0) is 9.59 Å². The molecule has 0 radical (unpaired) electrons. The monoisotopic (exact) mass is 458 g/mol.